The molecular weight excluding hydrogens is 352 g/mol. The number of hydroxylamine groups is 2. The topological polar surface area (TPSA) is 129 Å². The van der Waals surface area contributed by atoms with Crippen LogP contribution in [0.2, 0.25) is 0 Å². The maximum Gasteiger partial charge on any atom is 0.418 e. The molecule has 2 N–H and O–H groups in total. The largest absolute Gasteiger partial charge is 0.418 e. The van der Waals surface area contributed by atoms with E-state index < -0.39 is 28.5 Å². The first kappa shape index (κ1) is 17.6. The second-order valence-corrected chi connectivity index (χ2v) is 6.88. The smallest absolute Gasteiger partial charge is 0.354 e. The monoisotopic (exact) mass is 370 g/mol. The summed E-state index contributed by atoms with van der Waals surface area (Å²) in [4.78, 5) is 30.0. The number of nitrogens with zero attached hydrogens (tertiary/aromatic N) is 3. The Morgan fingerprint density at radius 2 is 2.20 bits per heavy atom. The van der Waals surface area contributed by atoms with Gasteiger partial charge in [0.15, 0.2) is 0 Å². The fraction of sp³-hybridized carbons (Fsp3) is 0.500. The molecule has 0 unspecified atom stereocenters. The van der Waals surface area contributed by atoms with E-state index in [0.29, 0.717) is 30.9 Å². The van der Waals surface area contributed by atoms with Crippen LogP contribution >= 0.6 is 0 Å². The van der Waals surface area contributed by atoms with E-state index in [0.717, 1.165) is 5.69 Å². The predicted molar refractivity (Wildman–Crippen MR) is 84.3 cm³/mol. The van der Waals surface area contributed by atoms with E-state index in [4.69, 9.17) is 4.55 Å². The molecule has 0 radical (unpaired) electrons. The third kappa shape index (κ3) is 4.06. The van der Waals surface area contributed by atoms with E-state index in [1.54, 1.807) is 12.3 Å². The van der Waals surface area contributed by atoms with E-state index in [2.05, 4.69) is 14.6 Å². The van der Waals surface area contributed by atoms with E-state index in [-0.39, 0.29) is 12.5 Å². The van der Waals surface area contributed by atoms with Gasteiger partial charge in [-0.2, -0.15) is 13.5 Å². The van der Waals surface area contributed by atoms with Crippen molar-refractivity contribution >= 4 is 22.3 Å². The fourth-order valence-electron chi connectivity index (χ4n) is 3.08. The normalized spacial score (nSPS) is 23.0. The van der Waals surface area contributed by atoms with Crippen molar-refractivity contribution in [2.24, 2.45) is 0 Å². The second kappa shape index (κ2) is 6.94. The van der Waals surface area contributed by atoms with Gasteiger partial charge < -0.3 is 10.2 Å². The number of fused-ring (bicyclic) bond motifs is 2. The molecule has 2 bridgehead atoms. The van der Waals surface area contributed by atoms with Crippen molar-refractivity contribution in [1.82, 2.24) is 20.3 Å². The Kier molecular flexibility index (Phi) is 4.88. The highest BCUT2D eigenvalue weighted by Gasteiger charge is 2.49. The van der Waals surface area contributed by atoms with Gasteiger partial charge in [0.25, 0.3) is 0 Å². The van der Waals surface area contributed by atoms with E-state index in [1.165, 1.54) is 4.90 Å². The molecule has 1 aromatic heterocycles. The number of pyridine rings is 1. The number of aromatic nitrogens is 1. The molecule has 25 heavy (non-hydrogen) atoms. The molecule has 11 heteroatoms. The Morgan fingerprint density at radius 3 is 2.88 bits per heavy atom. The summed E-state index contributed by atoms with van der Waals surface area (Å²) in [6.45, 7) is 0.551. The van der Waals surface area contributed by atoms with Crippen LogP contribution in [-0.4, -0.2) is 65.0 Å². The Bertz CT molecular complexity index is 756. The van der Waals surface area contributed by atoms with Crippen molar-refractivity contribution in [3.05, 3.63) is 30.1 Å². The van der Waals surface area contributed by atoms with Crippen LogP contribution in [0.15, 0.2) is 24.4 Å². The molecule has 2 atom stereocenters. The molecule has 3 amide bonds. The van der Waals surface area contributed by atoms with Crippen molar-refractivity contribution < 1.29 is 26.8 Å². The minimum absolute atomic E-state index is 0.173. The number of urea groups is 1. The fourth-order valence-corrected chi connectivity index (χ4v) is 3.47. The number of nitrogens with one attached hydrogen (secondary N) is 1. The van der Waals surface area contributed by atoms with Gasteiger partial charge in [-0.25, -0.2) is 4.79 Å². The number of carbonyl (C=O) groups is 2. The van der Waals surface area contributed by atoms with Gasteiger partial charge in [-0.3, -0.25) is 14.3 Å². The Labute approximate surface area is 144 Å². The van der Waals surface area contributed by atoms with Crippen LogP contribution in [-0.2, 0) is 25.9 Å². The second-order valence-electron chi connectivity index (χ2n) is 5.87. The molecule has 2 saturated heterocycles. The highest BCUT2D eigenvalue weighted by molar-refractivity contribution is 7.80. The summed E-state index contributed by atoms with van der Waals surface area (Å²) in [6.07, 6.45) is 3.02. The minimum atomic E-state index is -4.79. The van der Waals surface area contributed by atoms with Crippen molar-refractivity contribution in [3.63, 3.8) is 0 Å². The quantitative estimate of drug-likeness (QED) is 0.660. The summed E-state index contributed by atoms with van der Waals surface area (Å²) in [5.74, 6) is -0.309. The lowest BCUT2D eigenvalue weighted by Gasteiger charge is -2.29. The zero-order valence-corrected chi connectivity index (χ0v) is 14.1. The third-order valence-electron chi connectivity index (χ3n) is 4.21. The minimum Gasteiger partial charge on any atom is -0.354 e. The van der Waals surface area contributed by atoms with Crippen LogP contribution in [0, 0.1) is 0 Å². The highest BCUT2D eigenvalue weighted by atomic mass is 32.3. The molecule has 2 fully saturated rings. The molecule has 0 aliphatic carbocycles. The van der Waals surface area contributed by atoms with E-state index in [1.807, 2.05) is 12.1 Å². The van der Waals surface area contributed by atoms with Gasteiger partial charge in [-0.05, 0) is 25.0 Å². The van der Waals surface area contributed by atoms with Gasteiger partial charge >= 0.3 is 16.4 Å². The number of rotatable bonds is 6. The zero-order valence-electron chi connectivity index (χ0n) is 13.2. The van der Waals surface area contributed by atoms with Crippen LogP contribution < -0.4 is 5.32 Å². The van der Waals surface area contributed by atoms with Crippen LogP contribution in [0.1, 0.15) is 18.5 Å². The molecule has 3 heterocycles. The lowest BCUT2D eigenvalue weighted by atomic mass is 10.0. The van der Waals surface area contributed by atoms with Gasteiger partial charge in [0.2, 0.25) is 5.91 Å². The molecule has 0 aromatic carbocycles. The van der Waals surface area contributed by atoms with Gasteiger partial charge in [0.05, 0.1) is 6.04 Å². The first-order chi connectivity index (χ1) is 11.8. The molecule has 10 nitrogen and oxygen atoms in total. The Balaban J connectivity index is 1.57. The van der Waals surface area contributed by atoms with Crippen LogP contribution in [0.5, 0.6) is 0 Å². The summed E-state index contributed by atoms with van der Waals surface area (Å²) in [5.41, 5.74) is 0.844. The first-order valence-corrected chi connectivity index (χ1v) is 9.16. The van der Waals surface area contributed by atoms with Crippen LogP contribution in [0.25, 0.3) is 0 Å². The SMILES string of the molecule is O=C(NCCc1ccccn1)[C@H]1CC[C@H]2CN1C(=O)N2OS(=O)(=O)O. The van der Waals surface area contributed by atoms with Crippen LogP contribution in [0.4, 0.5) is 4.79 Å². The van der Waals surface area contributed by atoms with Crippen molar-refractivity contribution in [2.45, 2.75) is 31.3 Å². The van der Waals surface area contributed by atoms with E-state index in [9.17, 15) is 18.0 Å². The molecular formula is C14H18N4O6S. The molecule has 0 spiro atoms. The summed E-state index contributed by atoms with van der Waals surface area (Å²) in [5, 5.41) is 3.39. The number of hydrogen-bond donors (Lipinski definition) is 2. The summed E-state index contributed by atoms with van der Waals surface area (Å²) in [7, 11) is -4.79. The lowest BCUT2D eigenvalue weighted by molar-refractivity contribution is -0.126. The van der Waals surface area contributed by atoms with E-state index >= 15 is 0 Å². The van der Waals surface area contributed by atoms with Crippen molar-refractivity contribution in [2.75, 3.05) is 13.1 Å². The number of hydrogen-bond acceptors (Lipinski definition) is 6. The third-order valence-corrected chi connectivity index (χ3v) is 4.56. The molecule has 1 aromatic rings. The lowest BCUT2D eigenvalue weighted by Crippen LogP contribution is -2.50. The maximum absolute atomic E-state index is 12.4. The van der Waals surface area contributed by atoms with Gasteiger partial charge in [-0.1, -0.05) is 6.07 Å². The Hall–Kier alpha value is -2.24. The number of amides is 3. The maximum atomic E-state index is 12.4. The standard InChI is InChI=1S/C14H18N4O6S/c19-13(16-8-6-10-3-1-2-7-15-10)12-5-4-11-9-17(12)14(20)18(11)24-25(21,22)23/h1-3,7,11-12H,4-6,8-9H2,(H,16,19)(H,21,22,23)/t11-,12+/m0/s1. The van der Waals surface area contributed by atoms with Gasteiger partial charge in [-0.15, -0.1) is 4.28 Å². The van der Waals surface area contributed by atoms with Gasteiger partial charge in [0.1, 0.15) is 6.04 Å². The highest BCUT2D eigenvalue weighted by Crippen LogP contribution is 2.30. The summed E-state index contributed by atoms with van der Waals surface area (Å²) >= 11 is 0. The van der Waals surface area contributed by atoms with Crippen molar-refractivity contribution in [3.8, 4) is 0 Å². The zero-order chi connectivity index (χ0) is 18.0. The first-order valence-electron chi connectivity index (χ1n) is 7.79. The predicted octanol–water partition coefficient (Wildman–Crippen LogP) is -0.257. The average molecular weight is 370 g/mol. The summed E-state index contributed by atoms with van der Waals surface area (Å²) in [6, 6.07) is 3.57. The molecule has 2 aliphatic rings. The van der Waals surface area contributed by atoms with Gasteiger partial charge in [0, 0.05) is 31.4 Å². The Morgan fingerprint density at radius 1 is 1.40 bits per heavy atom. The van der Waals surface area contributed by atoms with Crippen molar-refractivity contribution in [1.29, 1.82) is 0 Å². The molecule has 3 rings (SSSR count). The van der Waals surface area contributed by atoms with Crippen LogP contribution in [0.3, 0.4) is 0 Å². The molecule has 0 saturated carbocycles. The average Bonchev–Trinajstić information content (AvgIpc) is 2.79. The number of piperidine rings is 1. The number of carbonyl (C=O) groups excluding carboxylic acids is 2. The molecule has 136 valence electrons. The molecule has 2 aliphatic heterocycles. The summed E-state index contributed by atoms with van der Waals surface area (Å²) < 4.78 is 34.8.